The molecule has 3 N–H and O–H groups in total. The molecule has 200 valence electrons. The molecular weight excluding hydrogens is 478 g/mol. The molecule has 0 saturated carbocycles. The number of amides is 2. The van der Waals surface area contributed by atoms with Crippen LogP contribution in [0, 0.1) is 11.3 Å². The number of nitrogens with zero attached hydrogens (tertiary/aromatic N) is 3. The van der Waals surface area contributed by atoms with E-state index >= 15 is 0 Å². The summed E-state index contributed by atoms with van der Waals surface area (Å²) in [5.41, 5.74) is -0.724. The summed E-state index contributed by atoms with van der Waals surface area (Å²) in [6.45, 7) is 6.59. The molecule has 2 aliphatic heterocycles. The zero-order valence-electron chi connectivity index (χ0n) is 21.7. The van der Waals surface area contributed by atoms with Crippen LogP contribution in [0.1, 0.15) is 45.6 Å². The molecule has 2 aliphatic rings. The number of carbonyl (C=O) groups excluding carboxylic acids is 2. The predicted octanol–water partition coefficient (Wildman–Crippen LogP) is 1.99. The summed E-state index contributed by atoms with van der Waals surface area (Å²) < 4.78 is 19.2. The first-order valence-electron chi connectivity index (χ1n) is 12.6. The van der Waals surface area contributed by atoms with E-state index in [2.05, 4.69) is 5.32 Å². The van der Waals surface area contributed by atoms with Gasteiger partial charge in [0.1, 0.15) is 24.4 Å². The molecule has 2 amide bonds. The molecule has 2 heterocycles. The zero-order valence-corrected chi connectivity index (χ0v) is 21.7. The fourth-order valence-electron chi connectivity index (χ4n) is 5.01. The van der Waals surface area contributed by atoms with Crippen LogP contribution < -0.4 is 5.32 Å². The predicted molar refractivity (Wildman–Crippen MR) is 137 cm³/mol. The maximum absolute atomic E-state index is 13.7. The molecule has 2 saturated heterocycles. The van der Waals surface area contributed by atoms with E-state index in [4.69, 9.17) is 4.74 Å². The first kappa shape index (κ1) is 28.6. The van der Waals surface area contributed by atoms with Gasteiger partial charge in [-0.25, -0.2) is 9.18 Å². The number of hydrogen-bond donors (Lipinski definition) is 3. The van der Waals surface area contributed by atoms with Crippen molar-refractivity contribution in [1.29, 1.82) is 5.26 Å². The van der Waals surface area contributed by atoms with E-state index in [1.807, 2.05) is 55.1 Å². The van der Waals surface area contributed by atoms with Crippen molar-refractivity contribution in [2.24, 2.45) is 0 Å². The maximum Gasteiger partial charge on any atom is 0.475 e. The minimum atomic E-state index is -1.79. The Hall–Kier alpha value is -2.94. The third-order valence-electron chi connectivity index (χ3n) is 7.26. The van der Waals surface area contributed by atoms with Gasteiger partial charge in [-0.1, -0.05) is 30.3 Å². The SMILES string of the molecule is CC(C)(C=C(C#N)C(=O)N1CCCC1(C)COC(=O)N[C@@H](Cc1ccccc1)B(O)O)N1CCC(F)C1. The van der Waals surface area contributed by atoms with Gasteiger partial charge in [-0.15, -0.1) is 0 Å². The highest BCUT2D eigenvalue weighted by molar-refractivity contribution is 6.43. The van der Waals surface area contributed by atoms with Gasteiger partial charge in [-0.2, -0.15) is 5.26 Å². The minimum Gasteiger partial charge on any atom is -0.447 e. The van der Waals surface area contributed by atoms with E-state index in [9.17, 15) is 29.3 Å². The zero-order chi connectivity index (χ0) is 27.2. The molecule has 0 aromatic heterocycles. The van der Waals surface area contributed by atoms with Crippen molar-refractivity contribution in [3.05, 3.63) is 47.5 Å². The van der Waals surface area contributed by atoms with Gasteiger partial charge in [0.25, 0.3) is 5.91 Å². The van der Waals surface area contributed by atoms with Crippen LogP contribution >= 0.6 is 0 Å². The van der Waals surface area contributed by atoms with E-state index in [0.29, 0.717) is 32.4 Å². The Balaban J connectivity index is 1.64. The molecule has 9 nitrogen and oxygen atoms in total. The lowest BCUT2D eigenvalue weighted by molar-refractivity contribution is -0.131. The van der Waals surface area contributed by atoms with Crippen LogP contribution in [0.4, 0.5) is 9.18 Å². The van der Waals surface area contributed by atoms with E-state index in [0.717, 1.165) is 5.56 Å². The van der Waals surface area contributed by atoms with Crippen LogP contribution in [0.5, 0.6) is 0 Å². The lowest BCUT2D eigenvalue weighted by Crippen LogP contribution is -2.52. The normalized spacial score (nSPS) is 23.4. The summed E-state index contributed by atoms with van der Waals surface area (Å²) in [4.78, 5) is 29.4. The fraction of sp³-hybridized carbons (Fsp3) is 0.577. The number of nitrogens with one attached hydrogen (secondary N) is 1. The number of ether oxygens (including phenoxy) is 1. The van der Waals surface area contributed by atoms with Crippen molar-refractivity contribution in [2.45, 2.75) is 69.6 Å². The van der Waals surface area contributed by atoms with E-state index in [1.165, 1.54) is 0 Å². The second kappa shape index (κ2) is 12.1. The van der Waals surface area contributed by atoms with Gasteiger partial charge >= 0.3 is 13.2 Å². The molecule has 1 aromatic rings. The van der Waals surface area contributed by atoms with Gasteiger partial charge < -0.3 is 25.0 Å². The number of likely N-dealkylation sites (tertiary alicyclic amines) is 2. The fourth-order valence-corrected chi connectivity index (χ4v) is 5.01. The summed E-state index contributed by atoms with van der Waals surface area (Å²) in [7, 11) is -1.79. The van der Waals surface area contributed by atoms with E-state index in [-0.39, 0.29) is 25.1 Å². The Kier molecular flexibility index (Phi) is 9.34. The number of benzene rings is 1. The molecule has 3 atom stereocenters. The standard InChI is InChI=1S/C26H36BFN4O5/c1-25(2,31-13-10-21(28)17-31)15-20(16-29)23(33)32-12-7-11-26(32,3)18-37-24(34)30-22(27(35)36)14-19-8-5-4-6-9-19/h4-6,8-9,15,21-22,35-36H,7,10-14,17-18H2,1-3H3,(H,30,34)/t21?,22-,26?/m0/s1. The van der Waals surface area contributed by atoms with E-state index < -0.39 is 42.3 Å². The number of carbonyl (C=O) groups is 2. The van der Waals surface area contributed by atoms with Gasteiger partial charge in [0.05, 0.1) is 11.5 Å². The minimum absolute atomic E-state index is 0.0313. The largest absolute Gasteiger partial charge is 0.475 e. The molecule has 3 rings (SSSR count). The van der Waals surface area contributed by atoms with Crippen LogP contribution in [-0.4, -0.2) is 88.4 Å². The summed E-state index contributed by atoms with van der Waals surface area (Å²) in [5, 5.41) is 31.7. The number of hydrogen-bond acceptors (Lipinski definition) is 7. The highest BCUT2D eigenvalue weighted by atomic mass is 19.1. The molecule has 37 heavy (non-hydrogen) atoms. The number of rotatable bonds is 9. The Morgan fingerprint density at radius 1 is 1.35 bits per heavy atom. The van der Waals surface area contributed by atoms with Crippen LogP contribution in [0.25, 0.3) is 0 Å². The summed E-state index contributed by atoms with van der Waals surface area (Å²) in [6.07, 6.45) is 1.71. The van der Waals surface area contributed by atoms with E-state index in [1.54, 1.807) is 17.9 Å². The van der Waals surface area contributed by atoms with Gasteiger partial charge in [0, 0.05) is 25.2 Å². The second-order valence-electron chi connectivity index (χ2n) is 10.6. The smallest absolute Gasteiger partial charge is 0.447 e. The van der Waals surface area contributed by atoms with Crippen LogP contribution in [-0.2, 0) is 16.0 Å². The number of halogens is 1. The van der Waals surface area contributed by atoms with Crippen LogP contribution in [0.2, 0.25) is 0 Å². The molecule has 1 aromatic carbocycles. The molecule has 0 bridgehead atoms. The number of nitriles is 1. The Bertz CT molecular complexity index is 1030. The first-order valence-corrected chi connectivity index (χ1v) is 12.6. The van der Waals surface area contributed by atoms with Gasteiger partial charge in [0.15, 0.2) is 0 Å². The first-order chi connectivity index (χ1) is 17.4. The van der Waals surface area contributed by atoms with Crippen molar-refractivity contribution in [1.82, 2.24) is 15.1 Å². The molecule has 0 radical (unpaired) electrons. The second-order valence-corrected chi connectivity index (χ2v) is 10.6. The van der Waals surface area contributed by atoms with Crippen molar-refractivity contribution in [2.75, 3.05) is 26.2 Å². The van der Waals surface area contributed by atoms with Crippen LogP contribution in [0.15, 0.2) is 42.0 Å². The van der Waals surface area contributed by atoms with Gasteiger partial charge in [0.2, 0.25) is 0 Å². The molecule has 11 heteroatoms. The molecule has 2 unspecified atom stereocenters. The Labute approximate surface area is 218 Å². The highest BCUT2D eigenvalue weighted by Gasteiger charge is 2.43. The topological polar surface area (TPSA) is 126 Å². The quantitative estimate of drug-likeness (QED) is 0.261. The highest BCUT2D eigenvalue weighted by Crippen LogP contribution is 2.32. The number of alkyl halides is 1. The Morgan fingerprint density at radius 2 is 2.05 bits per heavy atom. The summed E-state index contributed by atoms with van der Waals surface area (Å²) in [5.74, 6) is -1.43. The average Bonchev–Trinajstić information content (AvgIpc) is 3.47. The van der Waals surface area contributed by atoms with Crippen LogP contribution in [0.3, 0.4) is 0 Å². The van der Waals surface area contributed by atoms with Crippen molar-refractivity contribution in [3.8, 4) is 6.07 Å². The molecule has 2 fully saturated rings. The summed E-state index contributed by atoms with van der Waals surface area (Å²) in [6, 6.07) is 11.1. The van der Waals surface area contributed by atoms with Gasteiger partial charge in [-0.05, 0) is 58.1 Å². The van der Waals surface area contributed by atoms with Crippen molar-refractivity contribution < 1.29 is 28.8 Å². The maximum atomic E-state index is 13.7. The summed E-state index contributed by atoms with van der Waals surface area (Å²) >= 11 is 0. The van der Waals surface area contributed by atoms with Gasteiger partial charge in [-0.3, -0.25) is 9.69 Å². The van der Waals surface area contributed by atoms with Crippen molar-refractivity contribution >= 4 is 19.1 Å². The Morgan fingerprint density at radius 3 is 2.65 bits per heavy atom. The third-order valence-corrected chi connectivity index (χ3v) is 7.26. The lowest BCUT2D eigenvalue weighted by atomic mass is 9.76. The average molecular weight is 514 g/mol. The molecular formula is C26H36BFN4O5. The molecule has 0 spiro atoms. The monoisotopic (exact) mass is 514 g/mol. The molecule has 0 aliphatic carbocycles. The third kappa shape index (κ3) is 7.31. The van der Waals surface area contributed by atoms with Crippen molar-refractivity contribution in [3.63, 3.8) is 0 Å². The number of alkyl carbamates (subject to hydrolysis) is 1. The lowest BCUT2D eigenvalue weighted by Gasteiger charge is -2.36.